The third-order valence-corrected chi connectivity index (χ3v) is 5.13. The zero-order chi connectivity index (χ0) is 17.9. The predicted octanol–water partition coefficient (Wildman–Crippen LogP) is 4.01. The Balaban J connectivity index is 1.82. The Morgan fingerprint density at radius 1 is 1.00 bits per heavy atom. The van der Waals surface area contributed by atoms with Crippen molar-refractivity contribution in [3.8, 4) is 17.1 Å². The van der Waals surface area contributed by atoms with E-state index < -0.39 is 0 Å². The van der Waals surface area contributed by atoms with Gasteiger partial charge in [0.05, 0.1) is 24.9 Å². The molecule has 4 rings (SSSR count). The summed E-state index contributed by atoms with van der Waals surface area (Å²) in [6.07, 6.45) is 0. The van der Waals surface area contributed by atoms with Crippen LogP contribution in [0.3, 0.4) is 0 Å². The van der Waals surface area contributed by atoms with Crippen molar-refractivity contribution < 1.29 is 4.74 Å². The lowest BCUT2D eigenvalue weighted by Crippen LogP contribution is -2.37. The monoisotopic (exact) mass is 386 g/mol. The molecule has 0 unspecified atom stereocenters. The highest BCUT2D eigenvalue weighted by molar-refractivity contribution is 7.71. The molecule has 3 aromatic rings. The van der Waals surface area contributed by atoms with Crippen LogP contribution in [0.1, 0.15) is 0 Å². The Morgan fingerprint density at radius 3 is 2.42 bits per heavy atom. The van der Waals surface area contributed by atoms with E-state index in [1.807, 2.05) is 63.8 Å². The molecule has 0 spiro atoms. The minimum atomic E-state index is 0.638. The van der Waals surface area contributed by atoms with Gasteiger partial charge in [0.1, 0.15) is 0 Å². The number of para-hydroxylation sites is 1. The molecular weight excluding hydrogens is 368 g/mol. The van der Waals surface area contributed by atoms with Gasteiger partial charge < -0.3 is 4.74 Å². The zero-order valence-corrected chi connectivity index (χ0v) is 15.8. The van der Waals surface area contributed by atoms with Crippen molar-refractivity contribution >= 4 is 23.8 Å². The third-order valence-electron chi connectivity index (χ3n) is 4.41. The van der Waals surface area contributed by atoms with Crippen LogP contribution in [0.5, 0.6) is 0 Å². The number of benzene rings is 2. The molecule has 2 aromatic carbocycles. The number of morpholine rings is 1. The highest BCUT2D eigenvalue weighted by Gasteiger charge is 2.19. The Kier molecular flexibility index (Phi) is 5.17. The molecule has 0 saturated carbocycles. The van der Waals surface area contributed by atoms with Gasteiger partial charge in [-0.1, -0.05) is 41.9 Å². The Labute approximate surface area is 162 Å². The molecule has 1 fully saturated rings. The van der Waals surface area contributed by atoms with Gasteiger partial charge >= 0.3 is 0 Å². The van der Waals surface area contributed by atoms with Crippen LogP contribution in [0.2, 0.25) is 5.02 Å². The van der Waals surface area contributed by atoms with Crippen LogP contribution in [-0.2, 0) is 11.4 Å². The quantitative estimate of drug-likeness (QED) is 0.634. The fourth-order valence-corrected chi connectivity index (χ4v) is 3.57. The van der Waals surface area contributed by atoms with Crippen LogP contribution in [-0.4, -0.2) is 45.6 Å². The number of nitrogens with zero attached hydrogens (tertiary/aromatic N) is 4. The van der Waals surface area contributed by atoms with Crippen LogP contribution >= 0.6 is 23.8 Å². The highest BCUT2D eigenvalue weighted by Crippen LogP contribution is 2.29. The summed E-state index contributed by atoms with van der Waals surface area (Å²) < 4.78 is 9.93. The van der Waals surface area contributed by atoms with Gasteiger partial charge in [0.15, 0.2) is 5.82 Å². The Bertz CT molecular complexity index is 948. The van der Waals surface area contributed by atoms with Crippen LogP contribution in [0.25, 0.3) is 17.1 Å². The fourth-order valence-electron chi connectivity index (χ4n) is 3.06. The highest BCUT2D eigenvalue weighted by atomic mass is 35.5. The second kappa shape index (κ2) is 7.72. The molecule has 0 radical (unpaired) electrons. The van der Waals surface area contributed by atoms with Crippen molar-refractivity contribution in [1.29, 1.82) is 0 Å². The van der Waals surface area contributed by atoms with E-state index in [4.69, 9.17) is 33.7 Å². The molecule has 0 N–H and O–H groups in total. The van der Waals surface area contributed by atoms with Crippen molar-refractivity contribution in [3.63, 3.8) is 0 Å². The number of halogens is 1. The molecule has 26 heavy (non-hydrogen) atoms. The van der Waals surface area contributed by atoms with Gasteiger partial charge in [-0.15, -0.1) is 5.10 Å². The Hall–Kier alpha value is -1.99. The molecule has 1 aliphatic heterocycles. The lowest BCUT2D eigenvalue weighted by atomic mass is 10.2. The molecule has 7 heteroatoms. The zero-order valence-electron chi connectivity index (χ0n) is 14.2. The second-order valence-corrected chi connectivity index (χ2v) is 6.90. The summed E-state index contributed by atoms with van der Waals surface area (Å²) >= 11 is 12.2. The lowest BCUT2D eigenvalue weighted by molar-refractivity contribution is 0.0210. The Morgan fingerprint density at radius 2 is 1.69 bits per heavy atom. The molecule has 5 nitrogen and oxygen atoms in total. The summed E-state index contributed by atoms with van der Waals surface area (Å²) in [5.74, 6) is 0.750. The summed E-state index contributed by atoms with van der Waals surface area (Å²) in [7, 11) is 0. The summed E-state index contributed by atoms with van der Waals surface area (Å²) in [6.45, 7) is 3.87. The maximum atomic E-state index is 6.45. The van der Waals surface area contributed by atoms with Crippen molar-refractivity contribution in [2.24, 2.45) is 0 Å². The van der Waals surface area contributed by atoms with Crippen molar-refractivity contribution in [2.75, 3.05) is 26.3 Å². The van der Waals surface area contributed by atoms with Crippen molar-refractivity contribution in [3.05, 3.63) is 64.4 Å². The number of hydrogen-bond acceptors (Lipinski definition) is 4. The van der Waals surface area contributed by atoms with Crippen LogP contribution in [0, 0.1) is 4.77 Å². The van der Waals surface area contributed by atoms with Crippen molar-refractivity contribution in [2.45, 2.75) is 6.67 Å². The fraction of sp³-hybridized carbons (Fsp3) is 0.263. The van der Waals surface area contributed by atoms with Gasteiger partial charge in [-0.2, -0.15) is 0 Å². The van der Waals surface area contributed by atoms with Crippen LogP contribution in [0.4, 0.5) is 0 Å². The molecule has 0 aliphatic carbocycles. The second-order valence-electron chi connectivity index (χ2n) is 6.13. The maximum absolute atomic E-state index is 6.45. The molecule has 1 aromatic heterocycles. The van der Waals surface area contributed by atoms with E-state index in [2.05, 4.69) is 4.90 Å². The molecule has 0 amide bonds. The van der Waals surface area contributed by atoms with Gasteiger partial charge in [0.25, 0.3) is 0 Å². The molecule has 1 aliphatic rings. The van der Waals surface area contributed by atoms with Crippen LogP contribution < -0.4 is 0 Å². The van der Waals surface area contributed by atoms with E-state index in [0.29, 0.717) is 16.5 Å². The number of hydrogen-bond donors (Lipinski definition) is 0. The number of ether oxygens (including phenoxy) is 1. The van der Waals surface area contributed by atoms with E-state index in [0.717, 1.165) is 43.4 Å². The first-order valence-electron chi connectivity index (χ1n) is 8.54. The third kappa shape index (κ3) is 3.46. The van der Waals surface area contributed by atoms with E-state index >= 15 is 0 Å². The van der Waals surface area contributed by atoms with E-state index in [1.165, 1.54) is 0 Å². The van der Waals surface area contributed by atoms with E-state index in [-0.39, 0.29) is 0 Å². The maximum Gasteiger partial charge on any atom is 0.204 e. The molecule has 0 bridgehead atoms. The minimum Gasteiger partial charge on any atom is -0.379 e. The minimum absolute atomic E-state index is 0.638. The van der Waals surface area contributed by atoms with Crippen molar-refractivity contribution in [1.82, 2.24) is 19.2 Å². The largest absolute Gasteiger partial charge is 0.379 e. The number of aromatic nitrogens is 3. The van der Waals surface area contributed by atoms with Gasteiger partial charge in [0, 0.05) is 24.3 Å². The number of rotatable bonds is 4. The topological polar surface area (TPSA) is 35.2 Å². The van der Waals surface area contributed by atoms with Gasteiger partial charge in [-0.05, 0) is 36.5 Å². The molecular formula is C19H19ClN4OS. The van der Waals surface area contributed by atoms with Gasteiger partial charge in [-0.25, -0.2) is 4.68 Å². The van der Waals surface area contributed by atoms with E-state index in [9.17, 15) is 0 Å². The average molecular weight is 387 g/mol. The summed E-state index contributed by atoms with van der Waals surface area (Å²) in [4.78, 5) is 2.29. The molecule has 134 valence electrons. The summed E-state index contributed by atoms with van der Waals surface area (Å²) in [6, 6.07) is 17.7. The van der Waals surface area contributed by atoms with Gasteiger partial charge in [-0.3, -0.25) is 9.47 Å². The first-order valence-corrected chi connectivity index (χ1v) is 9.33. The first kappa shape index (κ1) is 17.4. The van der Waals surface area contributed by atoms with Crippen LogP contribution in [0.15, 0.2) is 54.6 Å². The molecule has 0 atom stereocenters. The average Bonchev–Trinajstić information content (AvgIpc) is 3.00. The summed E-state index contributed by atoms with van der Waals surface area (Å²) in [5.41, 5.74) is 1.84. The lowest BCUT2D eigenvalue weighted by Gasteiger charge is -2.26. The van der Waals surface area contributed by atoms with Gasteiger partial charge in [0.2, 0.25) is 4.77 Å². The first-order chi connectivity index (χ1) is 12.7. The standard InChI is InChI=1S/C19H19ClN4OS/c20-17-9-5-4-8-16(17)18-21-23(14-22-10-12-25-13-11-22)19(26)24(18)15-6-2-1-3-7-15/h1-9H,10-14H2. The predicted molar refractivity (Wildman–Crippen MR) is 105 cm³/mol. The van der Waals surface area contributed by atoms with E-state index in [1.54, 1.807) is 0 Å². The smallest absolute Gasteiger partial charge is 0.204 e. The summed E-state index contributed by atoms with van der Waals surface area (Å²) in [5, 5.41) is 5.48. The normalized spacial score (nSPS) is 15.3. The molecule has 2 heterocycles. The SMILES string of the molecule is S=c1n(CN2CCOCC2)nc(-c2ccccc2Cl)n1-c1ccccc1. The molecule has 1 saturated heterocycles.